The summed E-state index contributed by atoms with van der Waals surface area (Å²) in [5.74, 6) is 0.561. The summed E-state index contributed by atoms with van der Waals surface area (Å²) in [6, 6.07) is 10.3. The van der Waals surface area contributed by atoms with Crippen LogP contribution < -0.4 is 5.73 Å². The van der Waals surface area contributed by atoms with Crippen molar-refractivity contribution in [2.45, 2.75) is 13.5 Å². The predicted octanol–water partition coefficient (Wildman–Crippen LogP) is 4.21. The maximum atomic E-state index is 13.4. The molecule has 5 heteroatoms. The topological polar surface area (TPSA) is 43.8 Å². The van der Waals surface area contributed by atoms with E-state index in [9.17, 15) is 4.39 Å². The van der Waals surface area contributed by atoms with Crippen molar-refractivity contribution in [3.05, 3.63) is 46.7 Å². The molecule has 0 amide bonds. The molecule has 1 aromatic heterocycles. The first-order valence-electron chi connectivity index (χ1n) is 6.31. The first-order valence-corrected chi connectivity index (χ1v) is 7.10. The lowest BCUT2D eigenvalue weighted by Gasteiger charge is -2.07. The number of nitrogens with two attached hydrogens (primary N) is 1. The molecule has 0 unspecified atom stereocenters. The zero-order valence-corrected chi connectivity index (χ0v) is 12.5. The summed E-state index contributed by atoms with van der Waals surface area (Å²) in [4.78, 5) is 4.60. The van der Waals surface area contributed by atoms with Crippen LogP contribution in [0.4, 0.5) is 10.1 Å². The van der Waals surface area contributed by atoms with Crippen LogP contribution in [0.3, 0.4) is 0 Å². The molecule has 0 spiro atoms. The van der Waals surface area contributed by atoms with Crippen LogP contribution in [0.25, 0.3) is 22.4 Å². The highest BCUT2D eigenvalue weighted by Crippen LogP contribution is 2.29. The number of aromatic nitrogens is 2. The third kappa shape index (κ3) is 2.08. The number of nitrogen functional groups attached to an aromatic ring is 1. The second-order valence-electron chi connectivity index (χ2n) is 4.55. The monoisotopic (exact) mass is 333 g/mol. The zero-order chi connectivity index (χ0) is 14.3. The molecule has 0 radical (unpaired) electrons. The maximum absolute atomic E-state index is 13.4. The van der Waals surface area contributed by atoms with Gasteiger partial charge in [0.15, 0.2) is 0 Å². The Balaban J connectivity index is 2.27. The van der Waals surface area contributed by atoms with E-state index in [1.807, 2.05) is 29.7 Å². The minimum atomic E-state index is -0.253. The first-order chi connectivity index (χ1) is 9.60. The van der Waals surface area contributed by atoms with Gasteiger partial charge in [-0.2, -0.15) is 0 Å². The first kappa shape index (κ1) is 13.1. The number of hydrogen-bond acceptors (Lipinski definition) is 2. The van der Waals surface area contributed by atoms with Crippen LogP contribution in [0.5, 0.6) is 0 Å². The molecule has 0 aliphatic heterocycles. The van der Waals surface area contributed by atoms with Gasteiger partial charge in [0.25, 0.3) is 0 Å². The lowest BCUT2D eigenvalue weighted by molar-refractivity contribution is 0.628. The van der Waals surface area contributed by atoms with E-state index in [1.165, 1.54) is 12.1 Å². The number of aryl methyl sites for hydroxylation is 1. The van der Waals surface area contributed by atoms with Crippen LogP contribution in [-0.2, 0) is 6.54 Å². The second-order valence-corrected chi connectivity index (χ2v) is 5.40. The zero-order valence-electron chi connectivity index (χ0n) is 10.9. The average Bonchev–Trinajstić information content (AvgIpc) is 2.79. The van der Waals surface area contributed by atoms with Gasteiger partial charge in [-0.15, -0.1) is 0 Å². The molecule has 0 saturated heterocycles. The predicted molar refractivity (Wildman–Crippen MR) is 82.9 cm³/mol. The summed E-state index contributed by atoms with van der Waals surface area (Å²) in [6.45, 7) is 2.74. The largest absolute Gasteiger partial charge is 0.398 e. The highest BCUT2D eigenvalue weighted by atomic mass is 79.9. The highest BCUT2D eigenvalue weighted by Gasteiger charge is 2.13. The molecule has 3 nitrogen and oxygen atoms in total. The Morgan fingerprint density at radius 2 is 2.05 bits per heavy atom. The molecule has 0 saturated carbocycles. The molecule has 0 aliphatic rings. The summed E-state index contributed by atoms with van der Waals surface area (Å²) >= 11 is 3.42. The number of hydrogen-bond donors (Lipinski definition) is 1. The van der Waals surface area contributed by atoms with Crippen molar-refractivity contribution in [2.75, 3.05) is 5.73 Å². The summed E-state index contributed by atoms with van der Waals surface area (Å²) in [5.41, 5.74) is 9.03. The van der Waals surface area contributed by atoms with Crippen molar-refractivity contribution < 1.29 is 4.39 Å². The molecule has 0 fully saturated rings. The third-order valence-corrected chi connectivity index (χ3v) is 3.97. The van der Waals surface area contributed by atoms with Gasteiger partial charge in [0.1, 0.15) is 11.6 Å². The summed E-state index contributed by atoms with van der Waals surface area (Å²) < 4.78 is 16.2. The minimum Gasteiger partial charge on any atom is -0.398 e. The van der Waals surface area contributed by atoms with Crippen LogP contribution in [0.15, 0.2) is 40.9 Å². The van der Waals surface area contributed by atoms with Crippen molar-refractivity contribution >= 4 is 32.7 Å². The maximum Gasteiger partial charge on any atom is 0.141 e. The molecule has 0 bridgehead atoms. The lowest BCUT2D eigenvalue weighted by Crippen LogP contribution is -1.98. The molecule has 2 aromatic carbocycles. The number of anilines is 1. The van der Waals surface area contributed by atoms with E-state index < -0.39 is 0 Å². The Hall–Kier alpha value is -1.88. The molecule has 0 aliphatic carbocycles. The summed E-state index contributed by atoms with van der Waals surface area (Å²) in [5, 5.41) is 0. The SMILES string of the molecule is CCn1c(-c2ccc(N)c(Br)c2)nc2ccc(F)cc21. The van der Waals surface area contributed by atoms with Gasteiger partial charge in [-0.1, -0.05) is 0 Å². The number of fused-ring (bicyclic) bond motifs is 1. The average molecular weight is 334 g/mol. The number of halogens is 2. The van der Waals surface area contributed by atoms with Gasteiger partial charge in [0.05, 0.1) is 11.0 Å². The molecule has 102 valence electrons. The summed E-state index contributed by atoms with van der Waals surface area (Å²) in [6.07, 6.45) is 0. The van der Waals surface area contributed by atoms with E-state index in [0.717, 1.165) is 33.4 Å². The van der Waals surface area contributed by atoms with E-state index in [4.69, 9.17) is 5.73 Å². The van der Waals surface area contributed by atoms with Crippen LogP contribution in [0, 0.1) is 5.82 Å². The minimum absolute atomic E-state index is 0.253. The Bertz CT molecular complexity index is 795. The van der Waals surface area contributed by atoms with Crippen molar-refractivity contribution in [3.8, 4) is 11.4 Å². The fraction of sp³-hybridized carbons (Fsp3) is 0.133. The fourth-order valence-electron chi connectivity index (χ4n) is 2.30. The van der Waals surface area contributed by atoms with Crippen molar-refractivity contribution in [3.63, 3.8) is 0 Å². The van der Waals surface area contributed by atoms with E-state index >= 15 is 0 Å². The lowest BCUT2D eigenvalue weighted by atomic mass is 10.2. The van der Waals surface area contributed by atoms with Gasteiger partial charge in [-0.05, 0) is 59.3 Å². The number of rotatable bonds is 2. The Kier molecular flexibility index (Phi) is 3.22. The van der Waals surface area contributed by atoms with Crippen LogP contribution >= 0.6 is 15.9 Å². The smallest absolute Gasteiger partial charge is 0.141 e. The van der Waals surface area contributed by atoms with Gasteiger partial charge in [-0.3, -0.25) is 0 Å². The van der Waals surface area contributed by atoms with Gasteiger partial charge >= 0.3 is 0 Å². The molecular formula is C15H13BrFN3. The van der Waals surface area contributed by atoms with Crippen LogP contribution in [0.2, 0.25) is 0 Å². The van der Waals surface area contributed by atoms with E-state index in [1.54, 1.807) is 6.07 Å². The van der Waals surface area contributed by atoms with Crippen molar-refractivity contribution in [2.24, 2.45) is 0 Å². The third-order valence-electron chi connectivity index (χ3n) is 3.29. The van der Waals surface area contributed by atoms with Gasteiger partial charge in [0, 0.05) is 22.3 Å². The molecule has 2 N–H and O–H groups in total. The fourth-order valence-corrected chi connectivity index (χ4v) is 2.68. The van der Waals surface area contributed by atoms with Crippen molar-refractivity contribution in [1.29, 1.82) is 0 Å². The highest BCUT2D eigenvalue weighted by molar-refractivity contribution is 9.10. The Morgan fingerprint density at radius 3 is 2.75 bits per heavy atom. The number of benzene rings is 2. The Labute approximate surface area is 124 Å². The van der Waals surface area contributed by atoms with Gasteiger partial charge in [-0.25, -0.2) is 9.37 Å². The van der Waals surface area contributed by atoms with E-state index in [0.29, 0.717) is 5.69 Å². The molecule has 3 aromatic rings. The molecule has 20 heavy (non-hydrogen) atoms. The second kappa shape index (κ2) is 4.90. The van der Waals surface area contributed by atoms with E-state index in [2.05, 4.69) is 20.9 Å². The molecule has 3 rings (SSSR count). The van der Waals surface area contributed by atoms with Gasteiger partial charge in [0.2, 0.25) is 0 Å². The van der Waals surface area contributed by atoms with Crippen LogP contribution in [-0.4, -0.2) is 9.55 Å². The molecule has 1 heterocycles. The summed E-state index contributed by atoms with van der Waals surface area (Å²) in [7, 11) is 0. The Morgan fingerprint density at radius 1 is 1.25 bits per heavy atom. The number of nitrogens with zero attached hydrogens (tertiary/aromatic N) is 2. The quantitative estimate of drug-likeness (QED) is 0.714. The molecular weight excluding hydrogens is 321 g/mol. The normalized spacial score (nSPS) is 11.2. The number of imidazole rings is 1. The standard InChI is InChI=1S/C15H13BrFN3/c1-2-20-14-8-10(17)4-6-13(14)19-15(20)9-3-5-12(18)11(16)7-9/h3-8H,2,18H2,1H3. The molecule has 0 atom stereocenters. The van der Waals surface area contributed by atoms with Crippen LogP contribution in [0.1, 0.15) is 6.92 Å². The van der Waals surface area contributed by atoms with E-state index in [-0.39, 0.29) is 5.82 Å². The van der Waals surface area contributed by atoms with Crippen molar-refractivity contribution in [1.82, 2.24) is 9.55 Å². The van der Waals surface area contributed by atoms with Gasteiger partial charge < -0.3 is 10.3 Å².